The van der Waals surface area contributed by atoms with Gasteiger partial charge >= 0.3 is 6.09 Å². The van der Waals surface area contributed by atoms with E-state index < -0.39 is 15.8 Å². The van der Waals surface area contributed by atoms with Crippen molar-refractivity contribution in [3.63, 3.8) is 0 Å². The largest absolute Gasteiger partial charge is 0.449 e. The van der Waals surface area contributed by atoms with E-state index in [4.69, 9.17) is 5.73 Å². The van der Waals surface area contributed by atoms with E-state index in [1.165, 1.54) is 6.07 Å². The minimum Gasteiger partial charge on any atom is -0.449 e. The van der Waals surface area contributed by atoms with Crippen LogP contribution >= 0.6 is 0 Å². The van der Waals surface area contributed by atoms with Crippen LogP contribution in [0.15, 0.2) is 29.2 Å². The fraction of sp³-hybridized carbons (Fsp3) is 0.200. The molecule has 0 bridgehead atoms. The summed E-state index contributed by atoms with van der Waals surface area (Å²) in [6.45, 7) is 1.86. The van der Waals surface area contributed by atoms with Crippen molar-refractivity contribution in [1.82, 2.24) is 4.72 Å². The van der Waals surface area contributed by atoms with Crippen molar-refractivity contribution >= 4 is 27.4 Å². The number of nitrogens with two attached hydrogens (primary N) is 1. The van der Waals surface area contributed by atoms with Gasteiger partial charge < -0.3 is 10.5 Å². The van der Waals surface area contributed by atoms with E-state index in [-0.39, 0.29) is 6.61 Å². The second-order valence-corrected chi connectivity index (χ2v) is 5.10. The summed E-state index contributed by atoms with van der Waals surface area (Å²) in [7, 11) is -2.91. The number of nitrogen functional groups attached to an aromatic ring is 1. The molecule has 6 heteroatoms. The van der Waals surface area contributed by atoms with Gasteiger partial charge in [-0.3, -0.25) is 0 Å². The molecule has 1 aromatic rings. The first-order valence-corrected chi connectivity index (χ1v) is 6.35. The first kappa shape index (κ1) is 12.4. The van der Waals surface area contributed by atoms with Crippen molar-refractivity contribution in [2.45, 2.75) is 11.8 Å². The van der Waals surface area contributed by atoms with Crippen molar-refractivity contribution in [1.29, 1.82) is 0 Å². The highest BCUT2D eigenvalue weighted by atomic mass is 32.2. The lowest BCUT2D eigenvalue weighted by atomic mass is 10.3. The summed E-state index contributed by atoms with van der Waals surface area (Å²) in [5, 5.41) is 0. The molecule has 1 amide bonds. The van der Waals surface area contributed by atoms with Gasteiger partial charge in [0.2, 0.25) is 0 Å². The zero-order valence-corrected chi connectivity index (χ0v) is 9.75. The summed E-state index contributed by atoms with van der Waals surface area (Å²) in [4.78, 5) is 11.5. The number of hydrogen-bond donors (Lipinski definition) is 2. The third kappa shape index (κ3) is 3.16. The number of ether oxygens (including phenoxy) is 1. The van der Waals surface area contributed by atoms with Crippen molar-refractivity contribution < 1.29 is 13.7 Å². The van der Waals surface area contributed by atoms with Crippen molar-refractivity contribution in [3.8, 4) is 0 Å². The Morgan fingerprint density at radius 2 is 2.31 bits per heavy atom. The van der Waals surface area contributed by atoms with Crippen LogP contribution in [0.3, 0.4) is 0 Å². The highest BCUT2D eigenvalue weighted by molar-refractivity contribution is 7.99. The summed E-state index contributed by atoms with van der Waals surface area (Å²) < 4.78 is 18.9. The third-order valence-corrected chi connectivity index (χ3v) is 3.27. The smallest absolute Gasteiger partial charge is 0.418 e. The van der Waals surface area contributed by atoms with Gasteiger partial charge in [0, 0.05) is 5.69 Å². The third-order valence-electron chi connectivity index (χ3n) is 1.76. The van der Waals surface area contributed by atoms with Gasteiger partial charge in [0.05, 0.1) is 21.2 Å². The lowest BCUT2D eigenvalue weighted by molar-refractivity contribution is 0.159. The SMILES string of the molecule is C=S(=O)(NC(=O)OCC)c1cccc(N)c1. The summed E-state index contributed by atoms with van der Waals surface area (Å²) in [5.74, 6) is 3.46. The fourth-order valence-electron chi connectivity index (χ4n) is 1.07. The van der Waals surface area contributed by atoms with Crippen molar-refractivity contribution in [2.24, 2.45) is 0 Å². The first-order chi connectivity index (χ1) is 7.45. The average molecular weight is 242 g/mol. The maximum atomic E-state index is 12.0. The second-order valence-electron chi connectivity index (χ2n) is 3.07. The number of rotatable bonds is 3. The standard InChI is InChI=1S/C10H14N2O3S/c1-3-15-10(13)12-16(2,14)9-6-4-5-8(11)7-9/h4-7H,2-3,11H2,1H3,(H,12,13,14). The Kier molecular flexibility index (Phi) is 3.78. The lowest BCUT2D eigenvalue weighted by Gasteiger charge is -2.11. The average Bonchev–Trinajstić information content (AvgIpc) is 2.17. The molecule has 0 saturated carbocycles. The van der Waals surface area contributed by atoms with E-state index in [1.54, 1.807) is 25.1 Å². The van der Waals surface area contributed by atoms with Gasteiger partial charge in [-0.15, -0.1) is 0 Å². The quantitative estimate of drug-likeness (QED) is 0.612. The van der Waals surface area contributed by atoms with Crippen LogP contribution in [0, 0.1) is 0 Å². The van der Waals surface area contributed by atoms with Crippen LogP contribution < -0.4 is 10.5 Å². The number of carbonyl (C=O) groups is 1. The molecule has 0 heterocycles. The first-order valence-electron chi connectivity index (χ1n) is 4.63. The summed E-state index contributed by atoms with van der Waals surface area (Å²) in [6, 6.07) is 6.38. The van der Waals surface area contributed by atoms with Crippen LogP contribution in [0.5, 0.6) is 0 Å². The zero-order chi connectivity index (χ0) is 12.2. The predicted octanol–water partition coefficient (Wildman–Crippen LogP) is 1.01. The molecule has 1 atom stereocenters. The second kappa shape index (κ2) is 4.89. The predicted molar refractivity (Wildman–Crippen MR) is 64.5 cm³/mol. The van der Waals surface area contributed by atoms with Crippen LogP contribution in [0.1, 0.15) is 6.92 Å². The molecule has 0 saturated heterocycles. The number of amides is 1. The van der Waals surface area contributed by atoms with Gasteiger partial charge in [-0.1, -0.05) is 6.07 Å². The normalized spacial score (nSPS) is 13.8. The molecule has 0 aliphatic carbocycles. The van der Waals surface area contributed by atoms with E-state index >= 15 is 0 Å². The highest BCUT2D eigenvalue weighted by Gasteiger charge is 2.12. The van der Waals surface area contributed by atoms with Gasteiger partial charge in [0.1, 0.15) is 0 Å². The Morgan fingerprint density at radius 1 is 1.62 bits per heavy atom. The van der Waals surface area contributed by atoms with Crippen LogP contribution in [0.25, 0.3) is 0 Å². The topological polar surface area (TPSA) is 81.4 Å². The molecule has 0 radical (unpaired) electrons. The molecule has 1 aromatic carbocycles. The molecular weight excluding hydrogens is 228 g/mol. The van der Waals surface area contributed by atoms with Gasteiger partial charge in [0.25, 0.3) is 0 Å². The van der Waals surface area contributed by atoms with Crippen LogP contribution in [0.4, 0.5) is 10.5 Å². The van der Waals surface area contributed by atoms with Gasteiger partial charge in [0.15, 0.2) is 0 Å². The highest BCUT2D eigenvalue weighted by Crippen LogP contribution is 2.12. The number of anilines is 1. The number of carbonyl (C=O) groups excluding carboxylic acids is 1. The van der Waals surface area contributed by atoms with E-state index in [0.29, 0.717) is 10.6 Å². The molecule has 5 nitrogen and oxygen atoms in total. The monoisotopic (exact) mass is 242 g/mol. The van der Waals surface area contributed by atoms with E-state index in [1.807, 2.05) is 0 Å². The Bertz CT molecular complexity index is 483. The Morgan fingerprint density at radius 3 is 2.88 bits per heavy atom. The summed E-state index contributed by atoms with van der Waals surface area (Å²) >= 11 is 0. The lowest BCUT2D eigenvalue weighted by Crippen LogP contribution is -2.31. The minimum absolute atomic E-state index is 0.207. The molecule has 1 rings (SSSR count). The van der Waals surface area contributed by atoms with E-state index in [9.17, 15) is 9.00 Å². The van der Waals surface area contributed by atoms with Crippen LogP contribution in [-0.2, 0) is 14.4 Å². The van der Waals surface area contributed by atoms with Crippen molar-refractivity contribution in [2.75, 3.05) is 12.3 Å². The van der Waals surface area contributed by atoms with E-state index in [2.05, 4.69) is 15.3 Å². The molecule has 0 aliphatic heterocycles. The molecule has 0 fully saturated rings. The zero-order valence-electron chi connectivity index (χ0n) is 8.93. The van der Waals surface area contributed by atoms with Gasteiger partial charge in [-0.05, 0) is 31.0 Å². The Labute approximate surface area is 94.7 Å². The molecule has 88 valence electrons. The molecular formula is C10H14N2O3S. The van der Waals surface area contributed by atoms with Crippen molar-refractivity contribution in [3.05, 3.63) is 24.3 Å². The summed E-state index contributed by atoms with van der Waals surface area (Å²) in [6.07, 6.45) is -0.759. The van der Waals surface area contributed by atoms with Crippen LogP contribution in [0.2, 0.25) is 0 Å². The summed E-state index contributed by atoms with van der Waals surface area (Å²) in [5.41, 5.74) is 6.01. The Balaban J connectivity index is 2.90. The number of nitrogens with one attached hydrogen (secondary N) is 1. The van der Waals surface area contributed by atoms with Crippen LogP contribution in [-0.4, -0.2) is 22.8 Å². The minimum atomic E-state index is -2.91. The maximum absolute atomic E-state index is 12.0. The van der Waals surface area contributed by atoms with Gasteiger partial charge in [-0.2, -0.15) is 0 Å². The fourth-order valence-corrected chi connectivity index (χ4v) is 2.14. The number of hydrogen-bond acceptors (Lipinski definition) is 4. The molecule has 1 unspecified atom stereocenters. The molecule has 0 aliphatic rings. The molecule has 0 aromatic heterocycles. The molecule has 3 N–H and O–H groups in total. The van der Waals surface area contributed by atoms with E-state index in [0.717, 1.165) is 0 Å². The maximum Gasteiger partial charge on any atom is 0.418 e. The molecule has 0 spiro atoms. The molecule has 16 heavy (non-hydrogen) atoms. The number of benzene rings is 1. The van der Waals surface area contributed by atoms with Gasteiger partial charge in [-0.25, -0.2) is 13.7 Å². The Hall–Kier alpha value is -1.69.